The van der Waals surface area contributed by atoms with Crippen LogP contribution in [0, 0.1) is 5.92 Å². The molecule has 0 bridgehead atoms. The van der Waals surface area contributed by atoms with Gasteiger partial charge < -0.3 is 19.9 Å². The van der Waals surface area contributed by atoms with E-state index in [1.54, 1.807) is 19.9 Å². The zero-order chi connectivity index (χ0) is 18.4. The highest BCUT2D eigenvalue weighted by atomic mass is 16.5. The molecule has 0 saturated heterocycles. The number of hydrogen-bond acceptors (Lipinski definition) is 6. The zero-order valence-corrected chi connectivity index (χ0v) is 14.6. The Morgan fingerprint density at radius 1 is 1.52 bits per heavy atom. The lowest BCUT2D eigenvalue weighted by Gasteiger charge is -2.40. The predicted octanol–water partition coefficient (Wildman–Crippen LogP) is 1.02. The average Bonchev–Trinajstić information content (AvgIpc) is 2.81. The van der Waals surface area contributed by atoms with Gasteiger partial charge in [-0.3, -0.25) is 14.2 Å². The van der Waals surface area contributed by atoms with Crippen LogP contribution in [0.1, 0.15) is 44.6 Å². The molecule has 3 rings (SSSR count). The molecule has 8 heteroatoms. The van der Waals surface area contributed by atoms with E-state index in [1.807, 2.05) is 6.92 Å². The first-order chi connectivity index (χ1) is 11.8. The van der Waals surface area contributed by atoms with Crippen molar-refractivity contribution in [3.8, 4) is 5.88 Å². The summed E-state index contributed by atoms with van der Waals surface area (Å²) in [6.07, 6.45) is 4.99. The second kappa shape index (κ2) is 6.03. The maximum absolute atomic E-state index is 13.1. The van der Waals surface area contributed by atoms with Crippen molar-refractivity contribution >= 4 is 12.0 Å². The van der Waals surface area contributed by atoms with Crippen LogP contribution in [-0.2, 0) is 15.3 Å². The van der Waals surface area contributed by atoms with Crippen molar-refractivity contribution in [2.24, 2.45) is 5.92 Å². The number of carbonyl (C=O) groups is 1. The highest BCUT2D eigenvalue weighted by molar-refractivity contribution is 5.82. The molecule has 0 saturated carbocycles. The standard InChI is InChI=1S/C17H21N3O5/c1-5-9(2)17(23)16-18-14-12(8-11(24-4)6-7-25-14)15(22)20(16)10(3)13(21)19-17/h6-10,23H,5H2,1-4H3,(H,19,21). The summed E-state index contributed by atoms with van der Waals surface area (Å²) in [4.78, 5) is 29.8. The predicted molar refractivity (Wildman–Crippen MR) is 89.5 cm³/mol. The van der Waals surface area contributed by atoms with E-state index in [1.165, 1.54) is 24.0 Å². The Morgan fingerprint density at radius 2 is 2.24 bits per heavy atom. The van der Waals surface area contributed by atoms with Gasteiger partial charge in [-0.15, -0.1) is 0 Å². The van der Waals surface area contributed by atoms with Crippen LogP contribution in [0.3, 0.4) is 0 Å². The lowest BCUT2D eigenvalue weighted by atomic mass is 9.91. The molecule has 3 heterocycles. The lowest BCUT2D eigenvalue weighted by Crippen LogP contribution is -2.60. The molecule has 134 valence electrons. The van der Waals surface area contributed by atoms with Crippen molar-refractivity contribution in [1.82, 2.24) is 14.9 Å². The molecule has 25 heavy (non-hydrogen) atoms. The Kier molecular flexibility index (Phi) is 4.16. The number of allylic oxidation sites excluding steroid dienone is 1. The van der Waals surface area contributed by atoms with Gasteiger partial charge in [0, 0.05) is 12.0 Å². The highest BCUT2D eigenvalue weighted by Gasteiger charge is 2.47. The molecule has 1 aromatic heterocycles. The van der Waals surface area contributed by atoms with Crippen LogP contribution in [0.5, 0.6) is 5.88 Å². The quantitative estimate of drug-likeness (QED) is 0.846. The molecule has 0 fully saturated rings. The van der Waals surface area contributed by atoms with Crippen molar-refractivity contribution in [2.75, 3.05) is 7.11 Å². The molecule has 0 aliphatic carbocycles. The maximum Gasteiger partial charge on any atom is 0.265 e. The van der Waals surface area contributed by atoms with Gasteiger partial charge in [0.2, 0.25) is 17.5 Å². The third-order valence-corrected chi connectivity index (χ3v) is 4.80. The largest absolute Gasteiger partial charge is 0.497 e. The topological polar surface area (TPSA) is 103 Å². The SMILES string of the molecule is CCC(C)C1(O)NC(=O)C(C)n2c1nc1c(c2=O)C=C(OC)C=CO1. The minimum atomic E-state index is -1.75. The number of methoxy groups -OCH3 is 1. The molecule has 2 aliphatic rings. The molecular formula is C17H21N3O5. The van der Waals surface area contributed by atoms with Gasteiger partial charge in [-0.1, -0.05) is 13.8 Å². The molecule has 0 aromatic carbocycles. The van der Waals surface area contributed by atoms with Crippen LogP contribution in [0.15, 0.2) is 22.9 Å². The highest BCUT2D eigenvalue weighted by Crippen LogP contribution is 2.34. The van der Waals surface area contributed by atoms with E-state index < -0.39 is 23.2 Å². The van der Waals surface area contributed by atoms with Gasteiger partial charge in [0.25, 0.3) is 5.56 Å². The maximum atomic E-state index is 13.1. The van der Waals surface area contributed by atoms with E-state index in [2.05, 4.69) is 10.3 Å². The van der Waals surface area contributed by atoms with Gasteiger partial charge in [0.1, 0.15) is 17.4 Å². The van der Waals surface area contributed by atoms with Crippen LogP contribution in [0.2, 0.25) is 0 Å². The summed E-state index contributed by atoms with van der Waals surface area (Å²) in [6, 6.07) is -0.805. The van der Waals surface area contributed by atoms with Gasteiger partial charge >= 0.3 is 0 Å². The lowest BCUT2D eigenvalue weighted by molar-refractivity contribution is -0.144. The van der Waals surface area contributed by atoms with E-state index in [9.17, 15) is 14.7 Å². The van der Waals surface area contributed by atoms with Gasteiger partial charge in [-0.05, 0) is 19.4 Å². The summed E-state index contributed by atoms with van der Waals surface area (Å²) < 4.78 is 11.8. The van der Waals surface area contributed by atoms with Crippen LogP contribution in [-0.4, -0.2) is 27.7 Å². The molecule has 1 amide bonds. The first kappa shape index (κ1) is 17.2. The number of hydrogen-bond donors (Lipinski definition) is 2. The molecule has 3 atom stereocenters. The Bertz CT molecular complexity index is 841. The number of ether oxygens (including phenoxy) is 2. The van der Waals surface area contributed by atoms with Crippen LogP contribution >= 0.6 is 0 Å². The molecule has 3 unspecified atom stereocenters. The zero-order valence-electron chi connectivity index (χ0n) is 14.6. The van der Waals surface area contributed by atoms with Crippen LogP contribution < -0.4 is 15.6 Å². The van der Waals surface area contributed by atoms with E-state index in [-0.39, 0.29) is 23.2 Å². The summed E-state index contributed by atoms with van der Waals surface area (Å²) in [6.45, 7) is 5.24. The van der Waals surface area contributed by atoms with Crippen molar-refractivity contribution in [2.45, 2.75) is 39.0 Å². The second-order valence-electron chi connectivity index (χ2n) is 6.24. The molecule has 2 aliphatic heterocycles. The summed E-state index contributed by atoms with van der Waals surface area (Å²) in [5.74, 6) is -0.248. The van der Waals surface area contributed by atoms with Crippen LogP contribution in [0.4, 0.5) is 0 Å². The Morgan fingerprint density at radius 3 is 2.88 bits per heavy atom. The molecule has 0 radical (unpaired) electrons. The van der Waals surface area contributed by atoms with Crippen LogP contribution in [0.25, 0.3) is 6.08 Å². The van der Waals surface area contributed by atoms with Crippen molar-refractivity contribution in [3.05, 3.63) is 39.8 Å². The smallest absolute Gasteiger partial charge is 0.265 e. The number of carbonyl (C=O) groups excluding carboxylic acids is 1. The number of aromatic nitrogens is 2. The number of amides is 1. The fraction of sp³-hybridized carbons (Fsp3) is 0.471. The molecule has 2 N–H and O–H groups in total. The summed E-state index contributed by atoms with van der Waals surface area (Å²) in [5, 5.41) is 13.7. The minimum Gasteiger partial charge on any atom is -0.497 e. The van der Waals surface area contributed by atoms with E-state index in [0.29, 0.717) is 12.2 Å². The van der Waals surface area contributed by atoms with Crippen molar-refractivity contribution in [3.63, 3.8) is 0 Å². The first-order valence-corrected chi connectivity index (χ1v) is 8.13. The van der Waals surface area contributed by atoms with E-state index in [0.717, 1.165) is 0 Å². The fourth-order valence-corrected chi connectivity index (χ4v) is 2.96. The Balaban J connectivity index is 2.32. The Hall–Kier alpha value is -2.61. The number of rotatable bonds is 3. The minimum absolute atomic E-state index is 0.0598. The second-order valence-corrected chi connectivity index (χ2v) is 6.24. The summed E-state index contributed by atoms with van der Waals surface area (Å²) >= 11 is 0. The number of aliphatic hydroxyl groups is 1. The monoisotopic (exact) mass is 347 g/mol. The van der Waals surface area contributed by atoms with E-state index >= 15 is 0 Å². The molecule has 0 spiro atoms. The summed E-state index contributed by atoms with van der Waals surface area (Å²) in [5.41, 5.74) is -2.05. The molecule has 1 aromatic rings. The first-order valence-electron chi connectivity index (χ1n) is 8.13. The van der Waals surface area contributed by atoms with Gasteiger partial charge in [0.05, 0.1) is 13.4 Å². The van der Waals surface area contributed by atoms with Gasteiger partial charge in [-0.2, -0.15) is 4.98 Å². The fourth-order valence-electron chi connectivity index (χ4n) is 2.96. The Labute approximate surface area is 144 Å². The average molecular weight is 347 g/mol. The van der Waals surface area contributed by atoms with Gasteiger partial charge in [-0.25, -0.2) is 0 Å². The van der Waals surface area contributed by atoms with E-state index in [4.69, 9.17) is 9.47 Å². The van der Waals surface area contributed by atoms with Crippen molar-refractivity contribution < 1.29 is 19.4 Å². The number of fused-ring (bicyclic) bond motifs is 2. The normalized spacial score (nSPS) is 25.7. The number of nitrogens with zero attached hydrogens (tertiary/aromatic N) is 2. The van der Waals surface area contributed by atoms with Gasteiger partial charge in [0.15, 0.2) is 5.82 Å². The van der Waals surface area contributed by atoms with Crippen molar-refractivity contribution in [1.29, 1.82) is 0 Å². The molecule has 8 nitrogen and oxygen atoms in total. The number of nitrogens with one attached hydrogen (secondary N) is 1. The third-order valence-electron chi connectivity index (χ3n) is 4.80. The molecular weight excluding hydrogens is 326 g/mol. The third kappa shape index (κ3) is 2.53. The summed E-state index contributed by atoms with van der Waals surface area (Å²) in [7, 11) is 1.47.